The molecule has 1 aliphatic heterocycles. The molecule has 2 fully saturated rings. The summed E-state index contributed by atoms with van der Waals surface area (Å²) in [5.41, 5.74) is 2.99. The summed E-state index contributed by atoms with van der Waals surface area (Å²) in [6.45, 7) is 0. The maximum Gasteiger partial charge on any atom is 0.239 e. The number of anilines is 1. The fraction of sp³-hybridized carbons (Fsp3) is 0.0889. The molecule has 0 N–H and O–H groups in total. The zero-order valence-corrected chi connectivity index (χ0v) is 26.4. The van der Waals surface area contributed by atoms with Crippen LogP contribution >= 0.6 is 0 Å². The van der Waals surface area contributed by atoms with Crippen molar-refractivity contribution in [3.05, 3.63) is 186 Å². The Hall–Kier alpha value is -6.13. The molecule has 2 aliphatic carbocycles. The van der Waals surface area contributed by atoms with Crippen molar-refractivity contribution in [2.75, 3.05) is 4.90 Å². The van der Waals surface area contributed by atoms with Crippen LogP contribution in [-0.4, -0.2) is 17.6 Å². The molecule has 1 saturated heterocycles. The van der Waals surface area contributed by atoms with Gasteiger partial charge >= 0.3 is 0 Å². The Bertz CT molecular complexity index is 2380. The summed E-state index contributed by atoms with van der Waals surface area (Å²) in [7, 11) is 0. The molecule has 3 aliphatic rings. The lowest BCUT2D eigenvalue weighted by Crippen LogP contribution is -2.45. The van der Waals surface area contributed by atoms with Crippen molar-refractivity contribution in [1.29, 1.82) is 0 Å². The van der Waals surface area contributed by atoms with Crippen molar-refractivity contribution in [3.8, 4) is 11.1 Å². The summed E-state index contributed by atoms with van der Waals surface area (Å²) < 4.78 is 0. The summed E-state index contributed by atoms with van der Waals surface area (Å²) in [4.78, 5) is 47.8. The third-order valence-corrected chi connectivity index (χ3v) is 11.4. The van der Waals surface area contributed by atoms with E-state index in [-0.39, 0.29) is 17.6 Å². The second kappa shape index (κ2) is 9.94. The van der Waals surface area contributed by atoms with Gasteiger partial charge in [-0.3, -0.25) is 14.4 Å². The lowest BCUT2D eigenvalue weighted by molar-refractivity contribution is -0.130. The van der Waals surface area contributed by atoms with Crippen LogP contribution in [0, 0.1) is 11.8 Å². The number of amides is 2. The van der Waals surface area contributed by atoms with Crippen LogP contribution in [0.1, 0.15) is 22.3 Å². The van der Waals surface area contributed by atoms with Crippen LogP contribution in [0.15, 0.2) is 164 Å². The Morgan fingerprint density at radius 1 is 0.388 bits per heavy atom. The van der Waals surface area contributed by atoms with Gasteiger partial charge in [0.05, 0.1) is 28.4 Å². The van der Waals surface area contributed by atoms with Crippen molar-refractivity contribution in [3.63, 3.8) is 0 Å². The van der Waals surface area contributed by atoms with Crippen molar-refractivity contribution in [2.24, 2.45) is 11.8 Å². The zero-order valence-electron chi connectivity index (χ0n) is 26.4. The van der Waals surface area contributed by atoms with Crippen LogP contribution in [-0.2, 0) is 25.2 Å². The van der Waals surface area contributed by atoms with E-state index in [9.17, 15) is 0 Å². The highest BCUT2D eigenvalue weighted by Gasteiger charge is 2.82. The quantitative estimate of drug-likeness (QED) is 0.144. The van der Waals surface area contributed by atoms with Gasteiger partial charge in [0.15, 0.2) is 5.78 Å². The summed E-state index contributed by atoms with van der Waals surface area (Å²) in [6, 6.07) is 53.4. The summed E-state index contributed by atoms with van der Waals surface area (Å²) in [5, 5.41) is 3.93. The first kappa shape index (κ1) is 27.9. The van der Waals surface area contributed by atoms with Crippen LogP contribution in [0.2, 0.25) is 0 Å². The fourth-order valence-electron chi connectivity index (χ4n) is 9.63. The van der Waals surface area contributed by atoms with Gasteiger partial charge in [0.2, 0.25) is 11.8 Å². The molecular formula is C45H29NO3. The van der Waals surface area contributed by atoms with Gasteiger partial charge in [-0.25, -0.2) is 4.90 Å². The Morgan fingerprint density at radius 3 is 1.20 bits per heavy atom. The van der Waals surface area contributed by atoms with Gasteiger partial charge in [-0.1, -0.05) is 152 Å². The highest BCUT2D eigenvalue weighted by atomic mass is 16.2. The number of nitrogens with zero attached hydrogens (tertiary/aromatic N) is 1. The molecule has 4 heteroatoms. The van der Waals surface area contributed by atoms with Crippen LogP contribution in [0.5, 0.6) is 0 Å². The van der Waals surface area contributed by atoms with Crippen molar-refractivity contribution < 1.29 is 14.4 Å². The third kappa shape index (κ3) is 3.31. The van der Waals surface area contributed by atoms with E-state index in [0.29, 0.717) is 5.69 Å². The first-order chi connectivity index (χ1) is 24.1. The molecular weight excluding hydrogens is 602 g/mol. The van der Waals surface area contributed by atoms with E-state index in [2.05, 4.69) is 24.3 Å². The summed E-state index contributed by atoms with van der Waals surface area (Å²) in [5.74, 6) is -2.62. The van der Waals surface area contributed by atoms with Crippen molar-refractivity contribution in [1.82, 2.24) is 0 Å². The highest BCUT2D eigenvalue weighted by molar-refractivity contribution is 6.34. The predicted octanol–water partition coefficient (Wildman–Crippen LogP) is 8.63. The SMILES string of the molecule is O=C1[C@@H]2[C@H](C(=O)N1c1ccc(-c3ccccc3)cc1)[C@@]1(c3ccccc3)C(=O)[C@]2(c2ccccc2)c2c1c1ccccc1c1ccccc21. The van der Waals surface area contributed by atoms with Gasteiger partial charge in [0, 0.05) is 0 Å². The lowest BCUT2D eigenvalue weighted by atomic mass is 9.59. The van der Waals surface area contributed by atoms with Crippen LogP contribution in [0.3, 0.4) is 0 Å². The average molecular weight is 632 g/mol. The highest BCUT2D eigenvalue weighted by Crippen LogP contribution is 2.72. The Morgan fingerprint density at radius 2 is 0.755 bits per heavy atom. The number of hydrogen-bond acceptors (Lipinski definition) is 3. The van der Waals surface area contributed by atoms with E-state index in [1.165, 1.54) is 4.90 Å². The largest absolute Gasteiger partial charge is 0.297 e. The normalized spacial score (nSPS) is 23.8. The van der Waals surface area contributed by atoms with Gasteiger partial charge in [0.25, 0.3) is 0 Å². The number of carbonyl (C=O) groups is 3. The van der Waals surface area contributed by atoms with Crippen LogP contribution in [0.25, 0.3) is 32.7 Å². The maximum atomic E-state index is 16.0. The van der Waals surface area contributed by atoms with Gasteiger partial charge < -0.3 is 0 Å². The monoisotopic (exact) mass is 631 g/mol. The Labute approximate surface area is 283 Å². The molecule has 4 atom stereocenters. The lowest BCUT2D eigenvalue weighted by Gasteiger charge is -2.38. The molecule has 7 aromatic rings. The topological polar surface area (TPSA) is 54.5 Å². The van der Waals surface area contributed by atoms with Crippen LogP contribution in [0.4, 0.5) is 5.69 Å². The molecule has 2 amide bonds. The van der Waals surface area contributed by atoms with Gasteiger partial charge in [-0.05, 0) is 67.1 Å². The average Bonchev–Trinajstić information content (AvgIpc) is 3.68. The van der Waals surface area contributed by atoms with E-state index in [1.807, 2.05) is 140 Å². The number of hydrogen-bond donors (Lipinski definition) is 0. The molecule has 4 nitrogen and oxygen atoms in total. The first-order valence-electron chi connectivity index (χ1n) is 16.7. The van der Waals surface area contributed by atoms with E-state index >= 15 is 14.4 Å². The second-order valence-electron chi connectivity index (χ2n) is 13.4. The number of fused-ring (bicyclic) bond motifs is 13. The fourth-order valence-corrected chi connectivity index (χ4v) is 9.63. The van der Waals surface area contributed by atoms with E-state index in [4.69, 9.17) is 0 Å². The first-order valence-corrected chi connectivity index (χ1v) is 16.7. The Kier molecular flexibility index (Phi) is 5.67. The molecule has 2 bridgehead atoms. The molecule has 232 valence electrons. The number of rotatable bonds is 4. The van der Waals surface area contributed by atoms with E-state index < -0.39 is 22.7 Å². The minimum atomic E-state index is -1.38. The van der Waals surface area contributed by atoms with E-state index in [1.54, 1.807) is 0 Å². The predicted molar refractivity (Wildman–Crippen MR) is 192 cm³/mol. The number of carbonyl (C=O) groups excluding carboxylic acids is 3. The molecule has 0 unspecified atom stereocenters. The smallest absolute Gasteiger partial charge is 0.239 e. The maximum absolute atomic E-state index is 16.0. The molecule has 0 spiro atoms. The van der Waals surface area contributed by atoms with Gasteiger partial charge in [-0.2, -0.15) is 0 Å². The third-order valence-electron chi connectivity index (χ3n) is 11.4. The summed E-state index contributed by atoms with van der Waals surface area (Å²) >= 11 is 0. The van der Waals surface area contributed by atoms with Gasteiger partial charge in [-0.15, -0.1) is 0 Å². The molecule has 0 radical (unpaired) electrons. The number of benzene rings is 7. The Balaban J connectivity index is 1.32. The van der Waals surface area contributed by atoms with Crippen LogP contribution < -0.4 is 4.90 Å². The molecule has 1 heterocycles. The van der Waals surface area contributed by atoms with Crippen molar-refractivity contribution >= 4 is 44.8 Å². The molecule has 49 heavy (non-hydrogen) atoms. The molecule has 1 saturated carbocycles. The summed E-state index contributed by atoms with van der Waals surface area (Å²) in [6.07, 6.45) is 0. The van der Waals surface area contributed by atoms with Gasteiger partial charge in [0.1, 0.15) is 0 Å². The van der Waals surface area contributed by atoms with Crippen molar-refractivity contribution in [2.45, 2.75) is 10.8 Å². The molecule has 7 aromatic carbocycles. The minimum Gasteiger partial charge on any atom is -0.297 e. The second-order valence-corrected chi connectivity index (χ2v) is 13.4. The number of imide groups is 1. The standard InChI is InChI=1S/C45H29NO3/c47-41-39-40(42(48)46(41)32-26-24-29(25-27-32)28-14-4-1-5-15-28)45(31-18-8-3-9-19-31)38-36-23-13-11-21-34(36)33-20-10-12-22-35(33)37(38)44(39,43(45)49)30-16-6-2-7-17-30/h1-27,39-40H/t39-,40+,44+,45-. The zero-order chi connectivity index (χ0) is 32.9. The minimum absolute atomic E-state index is 0.0929. The number of Topliss-reactive ketones (excluding diaryl/α,β-unsaturated/α-hetero) is 1. The number of ketones is 1. The van der Waals surface area contributed by atoms with E-state index in [0.717, 1.165) is 54.9 Å². The molecule has 10 rings (SSSR count). The molecule has 0 aromatic heterocycles.